The predicted molar refractivity (Wildman–Crippen MR) is 213 cm³/mol. The summed E-state index contributed by atoms with van der Waals surface area (Å²) in [5.74, 6) is -3.01. The molecular weight excluding hydrogens is 709 g/mol. The highest BCUT2D eigenvalue weighted by Gasteiger charge is 2.28. The fraction of sp³-hybridized carbons (Fsp3) is 0. The van der Waals surface area contributed by atoms with Gasteiger partial charge in [-0.3, -0.25) is 40.4 Å². The minimum atomic E-state index is -0.845. The first-order valence-corrected chi connectivity index (χ1v) is 17.3. The van der Waals surface area contributed by atoms with E-state index in [1.54, 1.807) is 24.3 Å². The lowest BCUT2D eigenvalue weighted by Gasteiger charge is -2.28. The lowest BCUT2D eigenvalue weighted by Crippen LogP contribution is -2.51. The highest BCUT2D eigenvalue weighted by atomic mass is 16.2. The lowest BCUT2D eigenvalue weighted by atomic mass is 10.1. The molecule has 0 spiro atoms. The Morgan fingerprint density at radius 1 is 0.339 bits per heavy atom. The molecule has 2 fully saturated rings. The number of hydrogen-bond acceptors (Lipinski definition) is 8. The molecule has 2 heterocycles. The molecule has 5 aromatic carbocycles. The fourth-order valence-corrected chi connectivity index (χ4v) is 6.03. The van der Waals surface area contributed by atoms with Crippen LogP contribution >= 0.6 is 0 Å². The Bertz CT molecular complexity index is 2240. The van der Waals surface area contributed by atoms with E-state index in [2.05, 4.69) is 55.3 Å². The van der Waals surface area contributed by atoms with Crippen molar-refractivity contribution in [1.29, 1.82) is 0 Å². The number of rotatable bonds is 10. The summed E-state index contributed by atoms with van der Waals surface area (Å²) in [7, 11) is 0. The Morgan fingerprint density at radius 2 is 0.607 bits per heavy atom. The van der Waals surface area contributed by atoms with Gasteiger partial charge in [0.25, 0.3) is 23.6 Å². The van der Waals surface area contributed by atoms with Crippen LogP contribution in [0.2, 0.25) is 0 Å². The van der Waals surface area contributed by atoms with Crippen molar-refractivity contribution in [3.63, 3.8) is 0 Å². The van der Waals surface area contributed by atoms with Gasteiger partial charge < -0.3 is 9.80 Å². The van der Waals surface area contributed by atoms with E-state index in [9.17, 15) is 28.8 Å². The van der Waals surface area contributed by atoms with Crippen LogP contribution in [0.4, 0.5) is 43.7 Å². The highest BCUT2D eigenvalue weighted by Crippen LogP contribution is 2.39. The molecule has 0 bridgehead atoms. The van der Waals surface area contributed by atoms with Gasteiger partial charge in [0.2, 0.25) is 0 Å². The number of amides is 8. The van der Waals surface area contributed by atoms with Gasteiger partial charge in [-0.25, -0.2) is 9.59 Å². The number of allylic oxidation sites excluding steroid dienone is 4. The van der Waals surface area contributed by atoms with E-state index in [1.807, 2.05) is 109 Å². The Kier molecular flexibility index (Phi) is 10.5. The maximum atomic E-state index is 12.0. The van der Waals surface area contributed by atoms with Gasteiger partial charge in [-0.2, -0.15) is 0 Å². The fourth-order valence-electron chi connectivity index (χ4n) is 6.03. The van der Waals surface area contributed by atoms with Gasteiger partial charge in [-0.1, -0.05) is 85.0 Å². The van der Waals surface area contributed by atoms with Crippen molar-refractivity contribution in [2.24, 2.45) is 0 Å². The zero-order chi connectivity index (χ0) is 39.0. The van der Waals surface area contributed by atoms with Crippen LogP contribution in [0.15, 0.2) is 169 Å². The zero-order valence-electron chi connectivity index (χ0n) is 29.5. The van der Waals surface area contributed by atoms with Crippen LogP contribution in [-0.2, 0) is 19.2 Å². The molecule has 2 saturated heterocycles. The Balaban J connectivity index is 1.13. The third-order valence-electron chi connectivity index (χ3n) is 8.69. The lowest BCUT2D eigenvalue weighted by molar-refractivity contribution is -0.125. The van der Waals surface area contributed by atoms with Crippen molar-refractivity contribution in [2.75, 3.05) is 9.80 Å². The third kappa shape index (κ3) is 8.24. The van der Waals surface area contributed by atoms with Crippen LogP contribution in [0.5, 0.6) is 0 Å². The molecule has 0 atom stereocenters. The van der Waals surface area contributed by atoms with Crippen molar-refractivity contribution in [2.45, 2.75) is 0 Å². The van der Waals surface area contributed by atoms with Gasteiger partial charge >= 0.3 is 12.1 Å². The summed E-state index contributed by atoms with van der Waals surface area (Å²) < 4.78 is 0. The second kappa shape index (κ2) is 16.3. The van der Waals surface area contributed by atoms with Gasteiger partial charge in [-0.05, 0) is 96.1 Å². The van der Waals surface area contributed by atoms with Crippen molar-refractivity contribution < 1.29 is 28.8 Å². The number of nitrogens with zero attached hydrogens (tertiary/aromatic N) is 2. The monoisotopic (exact) mass is 740 g/mol. The van der Waals surface area contributed by atoms with Gasteiger partial charge in [0.1, 0.15) is 11.1 Å². The molecule has 7 rings (SSSR count). The first-order valence-electron chi connectivity index (χ1n) is 17.3. The number of para-hydroxylation sites is 2. The summed E-state index contributed by atoms with van der Waals surface area (Å²) in [6, 6.07) is 42.1. The van der Waals surface area contributed by atoms with Crippen molar-refractivity contribution in [3.8, 4) is 0 Å². The topological polar surface area (TPSA) is 157 Å². The largest absolute Gasteiger partial charge is 0.328 e. The standard InChI is InChI=1S/C44H32N6O6/c51-39-37(40(52)46-43(55)45-39)15-7-9-29-17-21-33(22-18-29)49(31-11-3-1-4-12-31)35-25-27-36(28-26-35)50(32-13-5-2-6-14-32)34-23-19-30(20-24-34)10-8-16-38-41(53)47-44(56)48-42(38)54/h1-28H,(H2,45,46,51,52,55)(H2,47,48,53,54,56). The number of nitrogens with one attached hydrogen (secondary N) is 4. The average Bonchev–Trinajstić information content (AvgIpc) is 3.19. The number of anilines is 6. The van der Waals surface area contributed by atoms with E-state index in [0.29, 0.717) is 0 Å². The summed E-state index contributed by atoms with van der Waals surface area (Å²) in [4.78, 5) is 75.0. The molecule has 12 nitrogen and oxygen atoms in total. The molecule has 0 aromatic heterocycles. The summed E-state index contributed by atoms with van der Waals surface area (Å²) >= 11 is 0. The van der Waals surface area contributed by atoms with Crippen molar-refractivity contribution in [3.05, 3.63) is 180 Å². The quantitative estimate of drug-likeness (QED) is 0.0863. The third-order valence-corrected chi connectivity index (χ3v) is 8.69. The van der Waals surface area contributed by atoms with Crippen LogP contribution in [-0.4, -0.2) is 35.7 Å². The second-order valence-electron chi connectivity index (χ2n) is 12.4. The average molecular weight is 741 g/mol. The number of imide groups is 4. The van der Waals surface area contributed by atoms with Gasteiger partial charge in [0.05, 0.1) is 0 Å². The number of carbonyl (C=O) groups is 6. The molecule has 0 unspecified atom stereocenters. The Labute approximate surface area is 321 Å². The smallest absolute Gasteiger partial charge is 0.311 e. The molecule has 5 aromatic rings. The van der Waals surface area contributed by atoms with E-state index in [-0.39, 0.29) is 11.1 Å². The normalized spacial score (nSPS) is 14.3. The van der Waals surface area contributed by atoms with E-state index >= 15 is 0 Å². The molecule has 56 heavy (non-hydrogen) atoms. The van der Waals surface area contributed by atoms with Crippen LogP contribution in [0.3, 0.4) is 0 Å². The minimum absolute atomic E-state index is 0.161. The van der Waals surface area contributed by atoms with E-state index in [1.165, 1.54) is 12.2 Å². The molecule has 0 radical (unpaired) electrons. The number of benzene rings is 5. The Hall–Kier alpha value is -8.12. The first kappa shape index (κ1) is 36.2. The molecule has 12 heteroatoms. The second-order valence-corrected chi connectivity index (χ2v) is 12.4. The van der Waals surface area contributed by atoms with Gasteiger partial charge in [-0.15, -0.1) is 0 Å². The summed E-state index contributed by atoms with van der Waals surface area (Å²) in [6.45, 7) is 0. The van der Waals surface area contributed by atoms with E-state index in [0.717, 1.165) is 45.3 Å². The van der Waals surface area contributed by atoms with Gasteiger partial charge in [0.15, 0.2) is 0 Å². The number of hydrogen-bond donors (Lipinski definition) is 4. The van der Waals surface area contributed by atoms with Crippen molar-refractivity contribution >= 4 is 82.0 Å². The summed E-state index contributed by atoms with van der Waals surface area (Å²) in [5, 5.41) is 8.22. The van der Waals surface area contributed by atoms with E-state index in [4.69, 9.17) is 0 Å². The number of urea groups is 2. The number of barbiturate groups is 2. The molecule has 8 amide bonds. The molecule has 274 valence electrons. The van der Waals surface area contributed by atoms with Crippen LogP contribution < -0.4 is 31.1 Å². The molecule has 2 aliphatic heterocycles. The summed E-state index contributed by atoms with van der Waals surface area (Å²) in [6.07, 6.45) is 9.40. The minimum Gasteiger partial charge on any atom is -0.311 e. The predicted octanol–water partition coefficient (Wildman–Crippen LogP) is 7.24. The maximum absolute atomic E-state index is 12.0. The van der Waals surface area contributed by atoms with Crippen LogP contribution in [0.1, 0.15) is 11.1 Å². The SMILES string of the molecule is O=C1NC(=O)C(=CC=Cc2ccc(N(c3ccccc3)c3ccc(N(c4ccccc4)c4ccc(C=CC=C5C(=O)NC(=O)NC5=O)cc4)cc3)cc2)C(=O)N1. The maximum Gasteiger partial charge on any atom is 0.328 e. The van der Waals surface area contributed by atoms with Gasteiger partial charge in [0, 0.05) is 34.1 Å². The molecule has 0 aliphatic carbocycles. The molecular formula is C44H32N6O6. The first-order chi connectivity index (χ1) is 27.2. The molecule has 2 aliphatic rings. The highest BCUT2D eigenvalue weighted by molar-refractivity contribution is 6.29. The summed E-state index contributed by atoms with van der Waals surface area (Å²) in [5.41, 5.74) is 6.90. The van der Waals surface area contributed by atoms with Crippen LogP contribution in [0, 0.1) is 0 Å². The molecule has 0 saturated carbocycles. The zero-order valence-corrected chi connectivity index (χ0v) is 29.5. The molecule has 4 N–H and O–H groups in total. The van der Waals surface area contributed by atoms with Crippen molar-refractivity contribution in [1.82, 2.24) is 21.3 Å². The number of carbonyl (C=O) groups excluding carboxylic acids is 6. The van der Waals surface area contributed by atoms with E-state index < -0.39 is 35.7 Å². The Morgan fingerprint density at radius 3 is 0.911 bits per heavy atom. The van der Waals surface area contributed by atoms with Crippen LogP contribution in [0.25, 0.3) is 12.2 Å².